The lowest BCUT2D eigenvalue weighted by atomic mass is 9.71. The first-order chi connectivity index (χ1) is 15.9. The maximum Gasteiger partial charge on any atom is 0.326 e. The number of nitrogens with zero attached hydrogens (tertiary/aromatic N) is 1. The number of fused-ring (bicyclic) bond motifs is 1. The van der Waals surface area contributed by atoms with Crippen LogP contribution in [0.3, 0.4) is 0 Å². The van der Waals surface area contributed by atoms with Gasteiger partial charge in [-0.15, -0.1) is 0 Å². The number of hydrogen-bond acceptors (Lipinski definition) is 3. The van der Waals surface area contributed by atoms with E-state index < -0.39 is 12.0 Å². The van der Waals surface area contributed by atoms with Crippen LogP contribution in [0.5, 0.6) is 0 Å². The normalized spacial score (nSPS) is 21.7. The van der Waals surface area contributed by atoms with E-state index in [1.54, 1.807) is 0 Å². The van der Waals surface area contributed by atoms with Gasteiger partial charge in [0.25, 0.3) is 0 Å². The molecule has 2 aromatic carbocycles. The van der Waals surface area contributed by atoms with Crippen LogP contribution in [0.25, 0.3) is 10.9 Å². The number of carboxylic acid groups (broad SMARTS) is 1. The quantitative estimate of drug-likeness (QED) is 0.480. The molecule has 1 fully saturated rings. The summed E-state index contributed by atoms with van der Waals surface area (Å²) in [4.78, 5) is 30.1. The van der Waals surface area contributed by atoms with Crippen LogP contribution in [0.1, 0.15) is 43.2 Å². The van der Waals surface area contributed by atoms with Crippen molar-refractivity contribution in [2.24, 2.45) is 5.92 Å². The molecule has 174 valence electrons. The van der Waals surface area contributed by atoms with Gasteiger partial charge in [0.05, 0.1) is 0 Å². The van der Waals surface area contributed by atoms with Crippen molar-refractivity contribution in [1.29, 1.82) is 0 Å². The molecule has 1 atom stereocenters. The zero-order chi connectivity index (χ0) is 23.4. The van der Waals surface area contributed by atoms with Gasteiger partial charge in [-0.25, -0.2) is 4.79 Å². The third kappa shape index (κ3) is 4.96. The van der Waals surface area contributed by atoms with E-state index in [0.717, 1.165) is 42.1 Å². The number of para-hydroxylation sites is 1. The molecule has 6 heteroatoms. The number of carbonyl (C=O) groups excluding carboxylic acids is 1. The van der Waals surface area contributed by atoms with Gasteiger partial charge in [0, 0.05) is 35.5 Å². The topological polar surface area (TPSA) is 85.4 Å². The Labute approximate surface area is 195 Å². The summed E-state index contributed by atoms with van der Waals surface area (Å²) in [6.07, 6.45) is 6.32. The summed E-state index contributed by atoms with van der Waals surface area (Å²) in [5, 5.41) is 13.5. The fourth-order valence-corrected chi connectivity index (χ4v) is 5.34. The van der Waals surface area contributed by atoms with Crippen molar-refractivity contribution in [2.75, 3.05) is 14.1 Å². The van der Waals surface area contributed by atoms with E-state index in [2.05, 4.69) is 53.6 Å². The molecule has 1 saturated carbocycles. The maximum absolute atomic E-state index is 12.8. The van der Waals surface area contributed by atoms with E-state index in [0.29, 0.717) is 6.42 Å². The molecule has 0 bridgehead atoms. The van der Waals surface area contributed by atoms with Gasteiger partial charge in [-0.1, -0.05) is 48.5 Å². The number of hydrogen-bond donors (Lipinski definition) is 3. The molecular formula is C27H33N3O3. The molecule has 0 radical (unpaired) electrons. The monoisotopic (exact) mass is 447 g/mol. The predicted octanol–water partition coefficient (Wildman–Crippen LogP) is 4.32. The second-order valence-corrected chi connectivity index (χ2v) is 9.46. The Kier molecular flexibility index (Phi) is 6.84. The van der Waals surface area contributed by atoms with Gasteiger partial charge in [0.1, 0.15) is 6.04 Å². The van der Waals surface area contributed by atoms with E-state index in [-0.39, 0.29) is 23.8 Å². The number of aliphatic carboxylic acids is 1. The Bertz CT molecular complexity index is 1100. The van der Waals surface area contributed by atoms with Crippen molar-refractivity contribution in [3.63, 3.8) is 0 Å². The number of benzene rings is 2. The minimum atomic E-state index is -1.01. The van der Waals surface area contributed by atoms with Crippen molar-refractivity contribution in [1.82, 2.24) is 15.2 Å². The van der Waals surface area contributed by atoms with Gasteiger partial charge in [-0.2, -0.15) is 0 Å². The van der Waals surface area contributed by atoms with Crippen LogP contribution < -0.4 is 5.32 Å². The minimum absolute atomic E-state index is 0.00677. The third-order valence-corrected chi connectivity index (χ3v) is 7.31. The number of H-pyrrole nitrogens is 1. The molecule has 1 unspecified atom stereocenters. The smallest absolute Gasteiger partial charge is 0.326 e. The molecule has 3 N–H and O–H groups in total. The van der Waals surface area contributed by atoms with Gasteiger partial charge < -0.3 is 15.4 Å². The highest BCUT2D eigenvalue weighted by atomic mass is 16.4. The number of carboxylic acids is 1. The zero-order valence-corrected chi connectivity index (χ0v) is 19.4. The van der Waals surface area contributed by atoms with E-state index in [4.69, 9.17) is 0 Å². The molecule has 0 aliphatic heterocycles. The highest BCUT2D eigenvalue weighted by Crippen LogP contribution is 2.43. The van der Waals surface area contributed by atoms with Crippen LogP contribution in [0.15, 0.2) is 60.8 Å². The summed E-state index contributed by atoms with van der Waals surface area (Å²) >= 11 is 0. The van der Waals surface area contributed by atoms with Gasteiger partial charge in [-0.05, 0) is 62.9 Å². The van der Waals surface area contributed by atoms with Crippen molar-refractivity contribution >= 4 is 22.8 Å². The molecule has 0 spiro atoms. The third-order valence-electron chi connectivity index (χ3n) is 7.31. The first kappa shape index (κ1) is 23.1. The molecule has 6 nitrogen and oxygen atoms in total. The van der Waals surface area contributed by atoms with E-state index in [1.165, 1.54) is 5.56 Å². The number of carbonyl (C=O) groups is 2. The summed E-state index contributed by atoms with van der Waals surface area (Å²) in [6, 6.07) is 17.4. The van der Waals surface area contributed by atoms with Crippen molar-refractivity contribution in [3.8, 4) is 0 Å². The Hall–Kier alpha value is -3.12. The maximum atomic E-state index is 12.8. The van der Waals surface area contributed by atoms with Crippen molar-refractivity contribution < 1.29 is 14.7 Å². The second kappa shape index (κ2) is 9.79. The SMILES string of the molecule is CN(C)C1(c2ccccc2)CCC(CC(=O)NC(Cc2c[nH]c3ccccc23)C(=O)O)CC1. The molecular weight excluding hydrogens is 414 g/mol. The lowest BCUT2D eigenvalue weighted by molar-refractivity contribution is -0.142. The molecule has 1 aromatic heterocycles. The summed E-state index contributed by atoms with van der Waals surface area (Å²) in [6.45, 7) is 0. The van der Waals surface area contributed by atoms with Crippen molar-refractivity contribution in [2.45, 2.75) is 50.1 Å². The minimum Gasteiger partial charge on any atom is -0.480 e. The standard InChI is InChI=1S/C27H33N3O3/c1-30(2)27(21-8-4-3-5-9-21)14-12-19(13-15-27)16-25(31)29-24(26(32)33)17-20-18-28-23-11-7-6-10-22(20)23/h3-11,18-19,24,28H,12-17H2,1-2H3,(H,29,31)(H,32,33). The fourth-order valence-electron chi connectivity index (χ4n) is 5.34. The number of amides is 1. The van der Waals surface area contributed by atoms with Gasteiger partial charge in [0.2, 0.25) is 5.91 Å². The Balaban J connectivity index is 1.36. The largest absolute Gasteiger partial charge is 0.480 e. The first-order valence-electron chi connectivity index (χ1n) is 11.7. The lowest BCUT2D eigenvalue weighted by Crippen LogP contribution is -2.46. The van der Waals surface area contributed by atoms with Crippen molar-refractivity contribution in [3.05, 3.63) is 71.9 Å². The van der Waals surface area contributed by atoms with Crippen LogP contribution in [-0.4, -0.2) is 47.0 Å². The molecule has 3 aromatic rings. The van der Waals surface area contributed by atoms with Gasteiger partial charge in [-0.3, -0.25) is 9.69 Å². The summed E-state index contributed by atoms with van der Waals surface area (Å²) in [5.41, 5.74) is 3.18. The van der Waals surface area contributed by atoms with Crippen LogP contribution in [0.4, 0.5) is 0 Å². The van der Waals surface area contributed by atoms with Crippen LogP contribution in [0, 0.1) is 5.92 Å². The Morgan fingerprint density at radius 2 is 1.76 bits per heavy atom. The second-order valence-electron chi connectivity index (χ2n) is 9.46. The first-order valence-corrected chi connectivity index (χ1v) is 11.7. The lowest BCUT2D eigenvalue weighted by Gasteiger charge is -2.45. The zero-order valence-electron chi connectivity index (χ0n) is 19.4. The summed E-state index contributed by atoms with van der Waals surface area (Å²) in [5.74, 6) is -0.915. The van der Waals surface area contributed by atoms with Gasteiger partial charge in [0.15, 0.2) is 0 Å². The van der Waals surface area contributed by atoms with Crippen LogP contribution in [0.2, 0.25) is 0 Å². The predicted molar refractivity (Wildman–Crippen MR) is 130 cm³/mol. The molecule has 33 heavy (non-hydrogen) atoms. The number of nitrogens with one attached hydrogen (secondary N) is 2. The molecule has 1 heterocycles. The molecule has 1 aliphatic rings. The number of rotatable bonds is 8. The molecule has 0 saturated heterocycles. The summed E-state index contributed by atoms with van der Waals surface area (Å²) < 4.78 is 0. The van der Waals surface area contributed by atoms with Crippen LogP contribution >= 0.6 is 0 Å². The highest BCUT2D eigenvalue weighted by molar-refractivity contribution is 5.86. The Morgan fingerprint density at radius 3 is 2.42 bits per heavy atom. The average molecular weight is 448 g/mol. The molecule has 4 rings (SSSR count). The van der Waals surface area contributed by atoms with Crippen LogP contribution in [-0.2, 0) is 21.5 Å². The number of aromatic amines is 1. The Morgan fingerprint density at radius 1 is 1.09 bits per heavy atom. The average Bonchev–Trinajstić information content (AvgIpc) is 3.22. The highest BCUT2D eigenvalue weighted by Gasteiger charge is 2.39. The van der Waals surface area contributed by atoms with Gasteiger partial charge >= 0.3 is 5.97 Å². The molecule has 1 amide bonds. The fraction of sp³-hybridized carbons (Fsp3) is 0.407. The molecule has 1 aliphatic carbocycles. The van der Waals surface area contributed by atoms with E-state index in [1.807, 2.05) is 36.5 Å². The van der Waals surface area contributed by atoms with E-state index in [9.17, 15) is 14.7 Å². The number of aromatic nitrogens is 1. The van der Waals surface area contributed by atoms with E-state index >= 15 is 0 Å². The summed E-state index contributed by atoms with van der Waals surface area (Å²) in [7, 11) is 4.25.